The minimum Gasteiger partial charge on any atom is -0.452 e. The smallest absolute Gasteiger partial charge is 0.331 e. The molecule has 0 unspecified atom stereocenters. The quantitative estimate of drug-likeness (QED) is 0.334. The summed E-state index contributed by atoms with van der Waals surface area (Å²) in [4.78, 5) is 40.6. The second-order valence-corrected chi connectivity index (χ2v) is 9.35. The molecule has 0 atom stereocenters. The first-order valence-corrected chi connectivity index (χ1v) is 11.8. The Bertz CT molecular complexity index is 1380. The second kappa shape index (κ2) is 10.0. The zero-order valence-electron chi connectivity index (χ0n) is 17.9. The molecule has 1 fully saturated rings. The third-order valence-electron chi connectivity index (χ3n) is 5.05. The molecule has 4 rings (SSSR count). The number of H-pyrrole nitrogens is 2. The van der Waals surface area contributed by atoms with Crippen LogP contribution in [0.15, 0.2) is 58.2 Å². The van der Waals surface area contributed by atoms with Crippen LogP contribution < -0.4 is 11.0 Å². The monoisotopic (exact) mass is 486 g/mol. The van der Waals surface area contributed by atoms with Crippen LogP contribution in [-0.4, -0.2) is 67.5 Å². The summed E-state index contributed by atoms with van der Waals surface area (Å²) >= 11 is 0. The number of morpholine rings is 1. The van der Waals surface area contributed by atoms with Gasteiger partial charge in [-0.3, -0.25) is 4.79 Å². The van der Waals surface area contributed by atoms with Crippen LogP contribution in [-0.2, 0) is 29.1 Å². The number of aromatic amines is 2. The number of esters is 1. The van der Waals surface area contributed by atoms with E-state index in [2.05, 4.69) is 15.3 Å². The first-order valence-electron chi connectivity index (χ1n) is 10.4. The summed E-state index contributed by atoms with van der Waals surface area (Å²) in [5.41, 5.74) is 1.81. The zero-order chi connectivity index (χ0) is 24.1. The molecule has 34 heavy (non-hydrogen) atoms. The summed E-state index contributed by atoms with van der Waals surface area (Å²) in [6, 6.07) is 10.9. The standard InChI is InChI=1S/C22H22N4O7S/c27-20(23-16-4-7-18-19(13-16)25-22(29)24-18)14-33-21(28)8-3-15-1-5-17(6-2-15)34(30,31)26-9-11-32-12-10-26/h1-8,13H,9-12,14H2,(H,23,27)(H2,24,25,29)/b8-3+. The molecule has 0 radical (unpaired) electrons. The van der Waals surface area contributed by atoms with Crippen LogP contribution >= 0.6 is 0 Å². The molecule has 3 aromatic rings. The molecule has 178 valence electrons. The van der Waals surface area contributed by atoms with Gasteiger partial charge in [0.05, 0.1) is 29.1 Å². The van der Waals surface area contributed by atoms with E-state index in [1.54, 1.807) is 30.3 Å². The second-order valence-electron chi connectivity index (χ2n) is 7.41. The van der Waals surface area contributed by atoms with Gasteiger partial charge in [0.2, 0.25) is 10.0 Å². The molecule has 1 amide bonds. The Morgan fingerprint density at radius 2 is 1.76 bits per heavy atom. The minimum atomic E-state index is -3.59. The number of ether oxygens (including phenoxy) is 2. The fraction of sp³-hybridized carbons (Fsp3) is 0.227. The molecular formula is C22H22N4O7S. The van der Waals surface area contributed by atoms with Crippen LogP contribution in [0.4, 0.5) is 5.69 Å². The van der Waals surface area contributed by atoms with Gasteiger partial charge in [-0.15, -0.1) is 0 Å². The van der Waals surface area contributed by atoms with Crippen molar-refractivity contribution in [1.29, 1.82) is 0 Å². The number of imidazole rings is 1. The van der Waals surface area contributed by atoms with E-state index in [1.165, 1.54) is 22.5 Å². The first-order chi connectivity index (χ1) is 16.3. The number of carbonyl (C=O) groups is 2. The number of benzene rings is 2. The molecule has 1 aliphatic heterocycles. The predicted molar refractivity (Wildman–Crippen MR) is 124 cm³/mol. The highest BCUT2D eigenvalue weighted by Crippen LogP contribution is 2.18. The van der Waals surface area contributed by atoms with Gasteiger partial charge in [0.1, 0.15) is 0 Å². The number of rotatable bonds is 7. The van der Waals surface area contributed by atoms with E-state index in [4.69, 9.17) is 9.47 Å². The Balaban J connectivity index is 1.28. The molecular weight excluding hydrogens is 464 g/mol. The fourth-order valence-corrected chi connectivity index (χ4v) is 4.75. The largest absolute Gasteiger partial charge is 0.452 e. The SMILES string of the molecule is O=C(COC(=O)/C=C/c1ccc(S(=O)(=O)N2CCOCC2)cc1)Nc1ccc2[nH]c(=O)[nH]c2c1. The highest BCUT2D eigenvalue weighted by Gasteiger charge is 2.25. The van der Waals surface area contributed by atoms with Crippen molar-refractivity contribution < 1.29 is 27.5 Å². The van der Waals surface area contributed by atoms with Crippen LogP contribution in [0.25, 0.3) is 17.1 Å². The van der Waals surface area contributed by atoms with Crippen LogP contribution in [0, 0.1) is 0 Å². The van der Waals surface area contributed by atoms with Crippen molar-refractivity contribution in [2.75, 3.05) is 38.2 Å². The van der Waals surface area contributed by atoms with Crippen molar-refractivity contribution in [3.8, 4) is 0 Å². The number of hydrogen-bond donors (Lipinski definition) is 3. The number of nitrogens with zero attached hydrogens (tertiary/aromatic N) is 1. The van der Waals surface area contributed by atoms with Gasteiger partial charge >= 0.3 is 11.7 Å². The molecule has 0 bridgehead atoms. The van der Waals surface area contributed by atoms with Gasteiger partial charge in [-0.1, -0.05) is 12.1 Å². The maximum Gasteiger partial charge on any atom is 0.331 e. The average Bonchev–Trinajstić information content (AvgIpc) is 3.21. The minimum absolute atomic E-state index is 0.160. The normalized spacial score (nSPS) is 14.9. The number of aromatic nitrogens is 2. The van der Waals surface area contributed by atoms with Gasteiger partial charge in [0, 0.05) is 24.9 Å². The summed E-state index contributed by atoms with van der Waals surface area (Å²) in [5.74, 6) is -1.28. The van der Waals surface area contributed by atoms with E-state index in [-0.39, 0.29) is 10.6 Å². The van der Waals surface area contributed by atoms with Crippen molar-refractivity contribution in [2.45, 2.75) is 4.90 Å². The summed E-state index contributed by atoms with van der Waals surface area (Å²) in [6.45, 7) is 0.849. The maximum absolute atomic E-state index is 12.6. The molecule has 3 N–H and O–H groups in total. The highest BCUT2D eigenvalue weighted by molar-refractivity contribution is 7.89. The molecule has 1 aromatic heterocycles. The first kappa shape index (κ1) is 23.4. The van der Waals surface area contributed by atoms with Crippen molar-refractivity contribution >= 4 is 44.7 Å². The lowest BCUT2D eigenvalue weighted by atomic mass is 10.2. The van der Waals surface area contributed by atoms with E-state index >= 15 is 0 Å². The van der Waals surface area contributed by atoms with Crippen molar-refractivity contribution in [3.63, 3.8) is 0 Å². The molecule has 0 spiro atoms. The van der Waals surface area contributed by atoms with Gasteiger partial charge in [0.25, 0.3) is 5.91 Å². The van der Waals surface area contributed by atoms with Crippen molar-refractivity contribution in [3.05, 3.63) is 64.6 Å². The molecule has 2 heterocycles. The molecule has 11 nitrogen and oxygen atoms in total. The average molecular weight is 487 g/mol. The van der Waals surface area contributed by atoms with Crippen LogP contribution in [0.3, 0.4) is 0 Å². The summed E-state index contributed by atoms with van der Waals surface area (Å²) in [7, 11) is -3.59. The Morgan fingerprint density at radius 3 is 2.50 bits per heavy atom. The maximum atomic E-state index is 12.6. The Morgan fingerprint density at radius 1 is 1.06 bits per heavy atom. The number of carbonyl (C=O) groups excluding carboxylic acids is 2. The lowest BCUT2D eigenvalue weighted by Gasteiger charge is -2.26. The molecule has 0 saturated carbocycles. The zero-order valence-corrected chi connectivity index (χ0v) is 18.8. The van der Waals surface area contributed by atoms with Gasteiger partial charge in [-0.25, -0.2) is 18.0 Å². The van der Waals surface area contributed by atoms with Gasteiger partial charge in [0.15, 0.2) is 6.61 Å². The summed E-state index contributed by atoms with van der Waals surface area (Å²) in [6.07, 6.45) is 2.61. The predicted octanol–water partition coefficient (Wildman–Crippen LogP) is 1.07. The number of nitrogens with one attached hydrogen (secondary N) is 3. The Kier molecular flexibility index (Phi) is 6.91. The Hall–Kier alpha value is -3.74. The van der Waals surface area contributed by atoms with Crippen LogP contribution in [0.2, 0.25) is 0 Å². The molecule has 0 aliphatic carbocycles. The van der Waals surface area contributed by atoms with Gasteiger partial charge in [-0.05, 0) is 42.0 Å². The highest BCUT2D eigenvalue weighted by atomic mass is 32.2. The van der Waals surface area contributed by atoms with Crippen LogP contribution in [0.1, 0.15) is 5.56 Å². The van der Waals surface area contributed by atoms with E-state index in [0.717, 1.165) is 6.08 Å². The number of anilines is 1. The van der Waals surface area contributed by atoms with Gasteiger partial charge in [-0.2, -0.15) is 4.31 Å². The summed E-state index contributed by atoms with van der Waals surface area (Å²) in [5, 5.41) is 2.57. The third-order valence-corrected chi connectivity index (χ3v) is 6.96. The lowest BCUT2D eigenvalue weighted by Crippen LogP contribution is -2.40. The number of hydrogen-bond acceptors (Lipinski definition) is 7. The van der Waals surface area contributed by atoms with E-state index in [1.807, 2.05) is 0 Å². The Labute approximate surface area is 194 Å². The molecule has 12 heteroatoms. The lowest BCUT2D eigenvalue weighted by molar-refractivity contribution is -0.142. The number of amides is 1. The topological polar surface area (TPSA) is 151 Å². The molecule has 1 aliphatic rings. The third kappa shape index (κ3) is 5.60. The number of sulfonamides is 1. The molecule has 2 aromatic carbocycles. The van der Waals surface area contributed by atoms with Crippen LogP contribution in [0.5, 0.6) is 0 Å². The molecule has 1 saturated heterocycles. The van der Waals surface area contributed by atoms with Crippen molar-refractivity contribution in [2.24, 2.45) is 0 Å². The summed E-state index contributed by atoms with van der Waals surface area (Å²) < 4.78 is 36.8. The van der Waals surface area contributed by atoms with Crippen molar-refractivity contribution in [1.82, 2.24) is 14.3 Å². The van der Waals surface area contributed by atoms with E-state index < -0.39 is 28.5 Å². The van der Waals surface area contributed by atoms with E-state index in [0.29, 0.717) is 48.6 Å². The van der Waals surface area contributed by atoms with E-state index in [9.17, 15) is 22.8 Å². The fourth-order valence-electron chi connectivity index (χ4n) is 3.34. The number of fused-ring (bicyclic) bond motifs is 1. The van der Waals surface area contributed by atoms with Gasteiger partial charge < -0.3 is 24.8 Å².